The number of carboxylic acid groups (broad SMARTS) is 1. The molecule has 3 N–H and O–H groups in total. The maximum Gasteiger partial charge on any atom is 0.326 e. The van der Waals surface area contributed by atoms with Crippen molar-refractivity contribution in [1.29, 1.82) is 0 Å². The highest BCUT2D eigenvalue weighted by Gasteiger charge is 2.21. The minimum atomic E-state index is -1.01. The van der Waals surface area contributed by atoms with E-state index in [9.17, 15) is 9.59 Å². The van der Waals surface area contributed by atoms with Crippen molar-refractivity contribution in [2.24, 2.45) is 5.92 Å². The molecule has 0 aliphatic rings. The Kier molecular flexibility index (Phi) is 4.10. The lowest BCUT2D eigenvalue weighted by atomic mass is 10.0. The highest BCUT2D eigenvalue weighted by Crippen LogP contribution is 2.06. The number of carbonyl (C=O) groups is 2. The quantitative estimate of drug-likeness (QED) is 0.703. The maximum absolute atomic E-state index is 11.6. The van der Waals surface area contributed by atoms with Gasteiger partial charge < -0.3 is 15.4 Å². The van der Waals surface area contributed by atoms with Crippen LogP contribution in [-0.4, -0.2) is 28.0 Å². The summed E-state index contributed by atoms with van der Waals surface area (Å²) in [6, 6.07) is 2.45. The van der Waals surface area contributed by atoms with Gasteiger partial charge in [-0.3, -0.25) is 4.79 Å². The fraction of sp³-hybridized carbons (Fsp3) is 0.455. The van der Waals surface area contributed by atoms with Crippen molar-refractivity contribution >= 4 is 11.9 Å². The molecule has 16 heavy (non-hydrogen) atoms. The van der Waals surface area contributed by atoms with Gasteiger partial charge in [0.2, 0.25) is 0 Å². The highest BCUT2D eigenvalue weighted by molar-refractivity contribution is 5.94. The number of carboxylic acids is 1. The predicted molar refractivity (Wildman–Crippen MR) is 59.1 cm³/mol. The van der Waals surface area contributed by atoms with Gasteiger partial charge in [0.05, 0.1) is 0 Å². The summed E-state index contributed by atoms with van der Waals surface area (Å²) in [4.78, 5) is 25.2. The molecule has 0 aliphatic carbocycles. The molecule has 88 valence electrons. The van der Waals surface area contributed by atoms with Gasteiger partial charge in [-0.15, -0.1) is 0 Å². The van der Waals surface area contributed by atoms with E-state index in [1.807, 2.05) is 13.8 Å². The number of rotatable bonds is 5. The lowest BCUT2D eigenvalue weighted by Crippen LogP contribution is -2.41. The molecule has 0 saturated heterocycles. The molecule has 0 saturated carbocycles. The molecular formula is C11H16N2O3. The smallest absolute Gasteiger partial charge is 0.326 e. The van der Waals surface area contributed by atoms with Crippen LogP contribution in [0.2, 0.25) is 0 Å². The Bertz CT molecular complexity index is 357. The number of hydrogen-bond donors (Lipinski definition) is 3. The zero-order valence-electron chi connectivity index (χ0n) is 9.36. The van der Waals surface area contributed by atoms with Gasteiger partial charge in [0.25, 0.3) is 5.91 Å². The molecule has 1 heterocycles. The van der Waals surface area contributed by atoms with E-state index in [1.165, 1.54) is 0 Å². The van der Waals surface area contributed by atoms with Crippen molar-refractivity contribution in [3.63, 3.8) is 0 Å². The fourth-order valence-electron chi connectivity index (χ4n) is 1.40. The first-order valence-electron chi connectivity index (χ1n) is 5.17. The standard InChI is InChI=1S/C11H16N2O3/c1-7(2)6-9(11(15)16)13-10(14)8-4-3-5-12-8/h3-5,7,9,12H,6H2,1-2H3,(H,13,14)(H,15,16)/t9-/m1/s1. The van der Waals surface area contributed by atoms with Crippen LogP contribution >= 0.6 is 0 Å². The Balaban J connectivity index is 2.62. The zero-order valence-corrected chi connectivity index (χ0v) is 9.36. The van der Waals surface area contributed by atoms with Crippen LogP contribution in [-0.2, 0) is 4.79 Å². The van der Waals surface area contributed by atoms with Gasteiger partial charge in [-0.2, -0.15) is 0 Å². The number of aromatic amines is 1. The van der Waals surface area contributed by atoms with Crippen LogP contribution in [0.15, 0.2) is 18.3 Å². The largest absolute Gasteiger partial charge is 0.480 e. The molecule has 5 heteroatoms. The summed E-state index contributed by atoms with van der Waals surface area (Å²) in [5.41, 5.74) is 0.370. The second kappa shape index (κ2) is 5.34. The summed E-state index contributed by atoms with van der Waals surface area (Å²) < 4.78 is 0. The first-order valence-corrected chi connectivity index (χ1v) is 5.17. The SMILES string of the molecule is CC(C)C[C@@H](NC(=O)c1ccc[nH]1)C(=O)O. The number of nitrogens with one attached hydrogen (secondary N) is 2. The zero-order chi connectivity index (χ0) is 12.1. The molecule has 0 aromatic carbocycles. The lowest BCUT2D eigenvalue weighted by molar-refractivity contribution is -0.139. The number of amides is 1. The molecular weight excluding hydrogens is 208 g/mol. The van der Waals surface area contributed by atoms with Crippen LogP contribution in [0, 0.1) is 5.92 Å². The van der Waals surface area contributed by atoms with E-state index >= 15 is 0 Å². The third-order valence-corrected chi connectivity index (χ3v) is 2.15. The highest BCUT2D eigenvalue weighted by atomic mass is 16.4. The molecule has 0 aliphatic heterocycles. The Labute approximate surface area is 93.9 Å². The Morgan fingerprint density at radius 1 is 1.50 bits per heavy atom. The molecule has 1 aromatic heterocycles. The van der Waals surface area contributed by atoms with Crippen molar-refractivity contribution in [2.45, 2.75) is 26.3 Å². The maximum atomic E-state index is 11.6. The Morgan fingerprint density at radius 3 is 2.62 bits per heavy atom. The van der Waals surface area contributed by atoms with Gasteiger partial charge in [0.1, 0.15) is 11.7 Å². The van der Waals surface area contributed by atoms with Gasteiger partial charge in [0, 0.05) is 6.20 Å². The van der Waals surface area contributed by atoms with Crippen LogP contribution in [0.4, 0.5) is 0 Å². The van der Waals surface area contributed by atoms with Gasteiger partial charge in [0.15, 0.2) is 0 Å². The van der Waals surface area contributed by atoms with E-state index in [0.717, 1.165) is 0 Å². The van der Waals surface area contributed by atoms with E-state index in [4.69, 9.17) is 5.11 Å². The summed E-state index contributed by atoms with van der Waals surface area (Å²) in [6.07, 6.45) is 2.04. The average molecular weight is 224 g/mol. The van der Waals surface area contributed by atoms with E-state index < -0.39 is 17.9 Å². The van der Waals surface area contributed by atoms with Gasteiger partial charge in [-0.1, -0.05) is 13.8 Å². The third kappa shape index (κ3) is 3.42. The molecule has 1 amide bonds. The summed E-state index contributed by atoms with van der Waals surface area (Å²) >= 11 is 0. The molecule has 1 rings (SSSR count). The predicted octanol–water partition coefficient (Wildman–Crippen LogP) is 1.24. The first kappa shape index (κ1) is 12.3. The number of aromatic nitrogens is 1. The lowest BCUT2D eigenvalue weighted by Gasteiger charge is -2.15. The monoisotopic (exact) mass is 224 g/mol. The average Bonchev–Trinajstić information content (AvgIpc) is 2.68. The van der Waals surface area contributed by atoms with E-state index in [-0.39, 0.29) is 5.92 Å². The van der Waals surface area contributed by atoms with Crippen molar-refractivity contribution in [3.8, 4) is 0 Å². The van der Waals surface area contributed by atoms with Gasteiger partial charge in [-0.25, -0.2) is 4.79 Å². The van der Waals surface area contributed by atoms with Crippen molar-refractivity contribution in [1.82, 2.24) is 10.3 Å². The summed E-state index contributed by atoms with van der Waals surface area (Å²) in [7, 11) is 0. The van der Waals surface area contributed by atoms with Crippen LogP contribution < -0.4 is 5.32 Å². The van der Waals surface area contributed by atoms with Gasteiger partial charge in [-0.05, 0) is 24.5 Å². The van der Waals surface area contributed by atoms with E-state index in [0.29, 0.717) is 12.1 Å². The third-order valence-electron chi connectivity index (χ3n) is 2.15. The fourth-order valence-corrected chi connectivity index (χ4v) is 1.40. The van der Waals surface area contributed by atoms with Crippen LogP contribution in [0.25, 0.3) is 0 Å². The summed E-state index contributed by atoms with van der Waals surface area (Å²) in [5, 5.41) is 11.4. The summed E-state index contributed by atoms with van der Waals surface area (Å²) in [6.45, 7) is 3.83. The molecule has 1 aromatic rings. The Morgan fingerprint density at radius 2 is 2.19 bits per heavy atom. The van der Waals surface area contributed by atoms with Crippen molar-refractivity contribution in [3.05, 3.63) is 24.0 Å². The topological polar surface area (TPSA) is 82.2 Å². The number of hydrogen-bond acceptors (Lipinski definition) is 2. The molecule has 0 bridgehead atoms. The number of aliphatic carboxylic acids is 1. The molecule has 0 radical (unpaired) electrons. The molecule has 5 nitrogen and oxygen atoms in total. The van der Waals surface area contributed by atoms with E-state index in [2.05, 4.69) is 10.3 Å². The molecule has 0 fully saturated rings. The number of H-pyrrole nitrogens is 1. The van der Waals surface area contributed by atoms with Gasteiger partial charge >= 0.3 is 5.97 Å². The van der Waals surface area contributed by atoms with Crippen LogP contribution in [0.3, 0.4) is 0 Å². The normalized spacial score (nSPS) is 12.4. The summed E-state index contributed by atoms with van der Waals surface area (Å²) in [5.74, 6) is -1.18. The minimum Gasteiger partial charge on any atom is -0.480 e. The Hall–Kier alpha value is -1.78. The van der Waals surface area contributed by atoms with Crippen LogP contribution in [0.1, 0.15) is 30.8 Å². The van der Waals surface area contributed by atoms with Crippen molar-refractivity contribution < 1.29 is 14.7 Å². The van der Waals surface area contributed by atoms with E-state index in [1.54, 1.807) is 18.3 Å². The molecule has 1 atom stereocenters. The van der Waals surface area contributed by atoms with Crippen molar-refractivity contribution in [2.75, 3.05) is 0 Å². The first-order chi connectivity index (χ1) is 7.50. The molecule has 0 unspecified atom stereocenters. The second-order valence-corrected chi connectivity index (χ2v) is 4.08. The van der Waals surface area contributed by atoms with Crippen LogP contribution in [0.5, 0.6) is 0 Å². The minimum absolute atomic E-state index is 0.213. The second-order valence-electron chi connectivity index (χ2n) is 4.08. The molecule has 0 spiro atoms. The number of carbonyl (C=O) groups excluding carboxylic acids is 1.